The summed E-state index contributed by atoms with van der Waals surface area (Å²) in [4.78, 5) is 19.8. The van der Waals surface area contributed by atoms with Crippen molar-refractivity contribution in [2.45, 2.75) is 51.0 Å². The van der Waals surface area contributed by atoms with E-state index in [1.165, 1.54) is 6.20 Å². The Balaban J connectivity index is 1.46. The highest BCUT2D eigenvalue weighted by Crippen LogP contribution is 2.36. The second-order valence-corrected chi connectivity index (χ2v) is 9.07. The molecule has 0 aliphatic heterocycles. The molecule has 5 rings (SSSR count). The Morgan fingerprint density at radius 3 is 2.75 bits per heavy atom. The molecular formula is C25H24N10O. The fourth-order valence-corrected chi connectivity index (χ4v) is 4.68. The Kier molecular flexibility index (Phi) is 6.37. The number of hydrogen-bond donors (Lipinski definition) is 1. The zero-order valence-corrected chi connectivity index (χ0v) is 19.7. The second kappa shape index (κ2) is 9.92. The number of nitriles is 2. The molecule has 1 atom stereocenters. The molecule has 1 N–H and O–H groups in total. The molecule has 1 fully saturated rings. The number of nitrogens with zero attached hydrogens (tertiary/aromatic N) is 9. The van der Waals surface area contributed by atoms with Crippen molar-refractivity contribution in [2.75, 3.05) is 5.32 Å². The third-order valence-corrected chi connectivity index (χ3v) is 6.64. The Morgan fingerprint density at radius 1 is 1.17 bits per heavy atom. The minimum absolute atomic E-state index is 0.308. The SMILES string of the molecule is CC(C#N)Nc1cc(-n2ncc3cc(C#N)cnc32)ncc1-n1cc([C@H]2CC[C@H](CC=O)CC2)nn1. The highest BCUT2D eigenvalue weighted by Gasteiger charge is 2.25. The molecule has 1 aliphatic rings. The lowest BCUT2D eigenvalue weighted by Crippen LogP contribution is -2.15. The van der Waals surface area contributed by atoms with Crippen molar-refractivity contribution in [3.05, 3.63) is 48.2 Å². The van der Waals surface area contributed by atoms with Gasteiger partial charge in [-0.1, -0.05) is 5.21 Å². The first-order chi connectivity index (χ1) is 17.6. The second-order valence-electron chi connectivity index (χ2n) is 9.07. The molecular weight excluding hydrogens is 456 g/mol. The first-order valence-corrected chi connectivity index (χ1v) is 11.9. The number of anilines is 1. The Bertz CT molecular complexity index is 1480. The monoisotopic (exact) mass is 480 g/mol. The summed E-state index contributed by atoms with van der Waals surface area (Å²) in [6.45, 7) is 1.77. The molecule has 4 aromatic heterocycles. The Morgan fingerprint density at radius 2 is 2.00 bits per heavy atom. The Labute approximate surface area is 207 Å². The number of carbonyl (C=O) groups is 1. The van der Waals surface area contributed by atoms with Crippen LogP contribution < -0.4 is 5.32 Å². The van der Waals surface area contributed by atoms with Crippen molar-refractivity contribution in [3.8, 4) is 23.6 Å². The predicted octanol–water partition coefficient (Wildman–Crippen LogP) is 3.45. The van der Waals surface area contributed by atoms with Gasteiger partial charge in [0.1, 0.15) is 24.1 Å². The number of pyridine rings is 2. The molecule has 4 heterocycles. The molecule has 0 saturated heterocycles. The quantitative estimate of drug-likeness (QED) is 0.392. The summed E-state index contributed by atoms with van der Waals surface area (Å²) in [5.41, 5.74) is 3.25. The zero-order valence-electron chi connectivity index (χ0n) is 19.7. The van der Waals surface area contributed by atoms with Crippen LogP contribution in [0, 0.1) is 28.6 Å². The van der Waals surface area contributed by atoms with Crippen LogP contribution in [0.25, 0.3) is 22.5 Å². The van der Waals surface area contributed by atoms with E-state index in [9.17, 15) is 10.1 Å². The summed E-state index contributed by atoms with van der Waals surface area (Å²) in [5, 5.41) is 35.6. The van der Waals surface area contributed by atoms with E-state index in [4.69, 9.17) is 5.26 Å². The van der Waals surface area contributed by atoms with Gasteiger partial charge >= 0.3 is 0 Å². The van der Waals surface area contributed by atoms with Crippen LogP contribution in [0.3, 0.4) is 0 Å². The molecule has 1 aliphatic carbocycles. The van der Waals surface area contributed by atoms with E-state index in [-0.39, 0.29) is 0 Å². The third-order valence-electron chi connectivity index (χ3n) is 6.64. The summed E-state index contributed by atoms with van der Waals surface area (Å²) in [7, 11) is 0. The molecule has 1 saturated carbocycles. The average Bonchev–Trinajstić information content (AvgIpc) is 3.56. The predicted molar refractivity (Wildman–Crippen MR) is 130 cm³/mol. The van der Waals surface area contributed by atoms with Gasteiger partial charge in [0.05, 0.1) is 41.6 Å². The average molecular weight is 481 g/mol. The van der Waals surface area contributed by atoms with Crippen molar-refractivity contribution in [2.24, 2.45) is 5.92 Å². The zero-order chi connectivity index (χ0) is 25.1. The number of hydrogen-bond acceptors (Lipinski definition) is 9. The number of nitrogens with one attached hydrogen (secondary N) is 1. The van der Waals surface area contributed by atoms with Gasteiger partial charge < -0.3 is 10.1 Å². The van der Waals surface area contributed by atoms with Gasteiger partial charge in [0.2, 0.25) is 0 Å². The van der Waals surface area contributed by atoms with Gasteiger partial charge in [0.15, 0.2) is 11.5 Å². The minimum Gasteiger partial charge on any atom is -0.368 e. The minimum atomic E-state index is -0.458. The molecule has 0 aromatic carbocycles. The summed E-state index contributed by atoms with van der Waals surface area (Å²) in [6, 6.07) is 7.33. The molecule has 36 heavy (non-hydrogen) atoms. The van der Waals surface area contributed by atoms with Gasteiger partial charge in [-0.15, -0.1) is 5.10 Å². The lowest BCUT2D eigenvalue weighted by atomic mass is 9.79. The largest absolute Gasteiger partial charge is 0.368 e. The van der Waals surface area contributed by atoms with Crippen molar-refractivity contribution < 1.29 is 4.79 Å². The Hall–Kier alpha value is -4.64. The summed E-state index contributed by atoms with van der Waals surface area (Å²) < 4.78 is 3.27. The number of aromatic nitrogens is 7. The van der Waals surface area contributed by atoms with Gasteiger partial charge in [-0.25, -0.2) is 14.6 Å². The van der Waals surface area contributed by atoms with Crippen LogP contribution in [-0.2, 0) is 4.79 Å². The van der Waals surface area contributed by atoms with Crippen molar-refractivity contribution in [1.82, 2.24) is 34.7 Å². The van der Waals surface area contributed by atoms with Crippen LogP contribution in [0.2, 0.25) is 0 Å². The number of fused-ring (bicyclic) bond motifs is 1. The van der Waals surface area contributed by atoms with Gasteiger partial charge in [0.25, 0.3) is 0 Å². The van der Waals surface area contributed by atoms with Crippen LogP contribution in [0.1, 0.15) is 56.2 Å². The molecule has 0 amide bonds. The number of carbonyl (C=O) groups excluding carboxylic acids is 1. The van der Waals surface area contributed by atoms with E-state index in [2.05, 4.69) is 42.8 Å². The maximum absolute atomic E-state index is 10.8. The molecule has 0 radical (unpaired) electrons. The summed E-state index contributed by atoms with van der Waals surface area (Å²) in [6.07, 6.45) is 12.4. The lowest BCUT2D eigenvalue weighted by molar-refractivity contribution is -0.108. The van der Waals surface area contributed by atoms with Gasteiger partial charge in [-0.2, -0.15) is 20.3 Å². The van der Waals surface area contributed by atoms with Crippen molar-refractivity contribution in [3.63, 3.8) is 0 Å². The highest BCUT2D eigenvalue weighted by atomic mass is 16.1. The highest BCUT2D eigenvalue weighted by molar-refractivity contribution is 5.77. The third kappa shape index (κ3) is 4.51. The topological polar surface area (TPSA) is 151 Å². The fraction of sp³-hybridized carbons (Fsp3) is 0.360. The summed E-state index contributed by atoms with van der Waals surface area (Å²) >= 11 is 0. The van der Waals surface area contributed by atoms with Crippen LogP contribution in [-0.4, -0.2) is 47.1 Å². The lowest BCUT2D eigenvalue weighted by Gasteiger charge is -2.25. The molecule has 1 unspecified atom stereocenters. The molecule has 0 spiro atoms. The van der Waals surface area contributed by atoms with Gasteiger partial charge in [-0.3, -0.25) is 0 Å². The molecule has 0 bridgehead atoms. The van der Waals surface area contributed by atoms with E-state index in [0.717, 1.165) is 43.0 Å². The molecule has 180 valence electrons. The van der Waals surface area contributed by atoms with Gasteiger partial charge in [0, 0.05) is 30.0 Å². The first kappa shape index (κ1) is 23.1. The molecule has 11 heteroatoms. The first-order valence-electron chi connectivity index (χ1n) is 11.9. The van der Waals surface area contributed by atoms with E-state index in [0.29, 0.717) is 46.7 Å². The number of rotatable bonds is 7. The van der Waals surface area contributed by atoms with E-state index in [1.807, 2.05) is 6.20 Å². The van der Waals surface area contributed by atoms with Gasteiger partial charge in [-0.05, 0) is 44.6 Å². The van der Waals surface area contributed by atoms with Crippen LogP contribution in [0.5, 0.6) is 0 Å². The summed E-state index contributed by atoms with van der Waals surface area (Å²) in [5.74, 6) is 1.28. The normalized spacial score (nSPS) is 18.3. The van der Waals surface area contributed by atoms with E-state index >= 15 is 0 Å². The molecule has 4 aromatic rings. The smallest absolute Gasteiger partial charge is 0.164 e. The maximum Gasteiger partial charge on any atom is 0.164 e. The van der Waals surface area contributed by atoms with E-state index < -0.39 is 6.04 Å². The van der Waals surface area contributed by atoms with Crippen LogP contribution in [0.4, 0.5) is 5.69 Å². The van der Waals surface area contributed by atoms with E-state index in [1.54, 1.807) is 40.8 Å². The standard InChI is InChI=1S/C25H24N10O/c1-16(10-26)31-21-9-24(35-25-20(13-30-35)8-18(11-27)12-29-25)28-14-23(21)34-15-22(32-33-34)19-4-2-17(3-5-19)6-7-36/h7-9,12-17,19H,2-6H2,1H3,(H,28,31)/t16?,17-,19-. The van der Waals surface area contributed by atoms with Crippen molar-refractivity contribution >= 4 is 23.0 Å². The maximum atomic E-state index is 10.8. The molecule has 11 nitrogen and oxygen atoms in total. The fourth-order valence-electron chi connectivity index (χ4n) is 4.68. The van der Waals surface area contributed by atoms with Crippen molar-refractivity contribution in [1.29, 1.82) is 10.5 Å². The van der Waals surface area contributed by atoms with Crippen LogP contribution in [0.15, 0.2) is 36.9 Å². The number of aldehydes is 1. The van der Waals surface area contributed by atoms with Crippen LogP contribution >= 0.6 is 0 Å².